The lowest BCUT2D eigenvalue weighted by Gasteiger charge is -2.10. The normalized spacial score (nSPS) is 9.83. The number of thioether (sulfide) groups is 1. The van der Waals surface area contributed by atoms with E-state index in [0.29, 0.717) is 5.56 Å². The summed E-state index contributed by atoms with van der Waals surface area (Å²) in [6.07, 6.45) is -0.0990. The predicted molar refractivity (Wildman–Crippen MR) is 84.9 cm³/mol. The van der Waals surface area contributed by atoms with Crippen molar-refractivity contribution in [2.24, 2.45) is 0 Å². The first-order valence-corrected chi connectivity index (χ1v) is 7.57. The van der Waals surface area contributed by atoms with Crippen molar-refractivity contribution < 1.29 is 9.90 Å². The summed E-state index contributed by atoms with van der Waals surface area (Å²) >= 11 is 1.07. The number of carbonyl (C=O) groups is 1. The molecule has 0 unspecified atom stereocenters. The zero-order valence-electron chi connectivity index (χ0n) is 11.9. The van der Waals surface area contributed by atoms with Gasteiger partial charge in [-0.25, -0.2) is 0 Å². The van der Waals surface area contributed by atoms with Crippen LogP contribution in [0, 0.1) is 22.7 Å². The minimum absolute atomic E-state index is 0.0990. The first-order chi connectivity index (χ1) is 11.1. The molecule has 0 atom stereocenters. The Morgan fingerprint density at radius 2 is 1.83 bits per heavy atom. The Morgan fingerprint density at radius 1 is 1.17 bits per heavy atom. The average Bonchev–Trinajstić information content (AvgIpc) is 2.54. The molecule has 0 bridgehead atoms. The highest BCUT2D eigenvalue weighted by Gasteiger charge is 2.19. The molecule has 2 aromatic rings. The summed E-state index contributed by atoms with van der Waals surface area (Å²) in [5, 5.41) is 27.7. The number of rotatable bonds is 5. The van der Waals surface area contributed by atoms with E-state index >= 15 is 0 Å². The molecule has 0 saturated heterocycles. The van der Waals surface area contributed by atoms with Gasteiger partial charge >= 0.3 is 5.97 Å². The molecule has 1 aromatic carbocycles. The van der Waals surface area contributed by atoms with Crippen molar-refractivity contribution in [1.82, 2.24) is 4.98 Å². The van der Waals surface area contributed by atoms with Gasteiger partial charge in [-0.3, -0.25) is 9.59 Å². The van der Waals surface area contributed by atoms with Crippen molar-refractivity contribution in [3.8, 4) is 23.3 Å². The number of carboxylic acid groups (broad SMARTS) is 1. The number of carboxylic acids is 1. The number of aliphatic carboxylic acids is 1. The summed E-state index contributed by atoms with van der Waals surface area (Å²) in [5.74, 6) is -0.754. The van der Waals surface area contributed by atoms with E-state index in [1.807, 2.05) is 12.1 Å². The third-order valence-electron chi connectivity index (χ3n) is 3.03. The second kappa shape index (κ2) is 7.30. The number of pyridine rings is 1. The van der Waals surface area contributed by atoms with Gasteiger partial charge in [-0.1, -0.05) is 30.3 Å². The molecule has 0 saturated carbocycles. The third-order valence-corrected chi connectivity index (χ3v) is 4.03. The fraction of sp³-hybridized carbons (Fsp3) is 0.125. The zero-order chi connectivity index (χ0) is 16.8. The number of H-pyrrole nitrogens is 1. The van der Waals surface area contributed by atoms with Crippen LogP contribution in [0.3, 0.4) is 0 Å². The number of hydrogen-bond donors (Lipinski definition) is 2. The minimum atomic E-state index is -0.963. The molecule has 0 aliphatic rings. The molecule has 0 fully saturated rings. The van der Waals surface area contributed by atoms with Crippen LogP contribution in [0.25, 0.3) is 11.1 Å². The maximum absolute atomic E-state index is 12.1. The molecule has 7 heteroatoms. The van der Waals surface area contributed by atoms with Crippen LogP contribution in [0.2, 0.25) is 0 Å². The number of aromatic nitrogens is 1. The Kier molecular flexibility index (Phi) is 5.19. The van der Waals surface area contributed by atoms with Crippen LogP contribution in [0.15, 0.2) is 40.2 Å². The van der Waals surface area contributed by atoms with Crippen LogP contribution in [0.5, 0.6) is 0 Å². The highest BCUT2D eigenvalue weighted by molar-refractivity contribution is 7.99. The van der Waals surface area contributed by atoms with E-state index in [0.717, 1.165) is 11.8 Å². The molecule has 6 nitrogen and oxygen atoms in total. The Morgan fingerprint density at radius 3 is 2.39 bits per heavy atom. The van der Waals surface area contributed by atoms with Crippen LogP contribution in [0.4, 0.5) is 0 Å². The van der Waals surface area contributed by atoms with E-state index in [9.17, 15) is 20.1 Å². The lowest BCUT2D eigenvalue weighted by molar-refractivity contribution is -0.136. The zero-order valence-corrected chi connectivity index (χ0v) is 12.7. The third kappa shape index (κ3) is 3.60. The van der Waals surface area contributed by atoms with Gasteiger partial charge in [-0.2, -0.15) is 10.5 Å². The molecule has 1 aromatic heterocycles. The quantitative estimate of drug-likeness (QED) is 0.815. The van der Waals surface area contributed by atoms with Crippen LogP contribution in [-0.2, 0) is 4.79 Å². The standard InChI is InChI=1S/C16H11N3O3S/c17-8-11-14(10-4-2-1-3-5-10)12(9-18)16(19-15(11)22)23-7-6-13(20)21/h1-5H,6-7H2,(H,19,22)(H,20,21). The van der Waals surface area contributed by atoms with E-state index < -0.39 is 11.5 Å². The summed E-state index contributed by atoms with van der Waals surface area (Å²) in [6, 6.07) is 12.6. The fourth-order valence-electron chi connectivity index (χ4n) is 2.04. The number of benzene rings is 1. The van der Waals surface area contributed by atoms with Crippen molar-refractivity contribution in [1.29, 1.82) is 10.5 Å². The molecular weight excluding hydrogens is 314 g/mol. The molecule has 0 amide bonds. The topological polar surface area (TPSA) is 118 Å². The van der Waals surface area contributed by atoms with E-state index in [2.05, 4.69) is 4.98 Å². The fourth-order valence-corrected chi connectivity index (χ4v) is 2.97. The Labute approximate surface area is 136 Å². The SMILES string of the molecule is N#Cc1c(SCCC(=O)O)[nH]c(=O)c(C#N)c1-c1ccccc1. The lowest BCUT2D eigenvalue weighted by Crippen LogP contribution is -2.15. The van der Waals surface area contributed by atoms with Gasteiger partial charge in [0.2, 0.25) is 0 Å². The number of nitrogens with zero attached hydrogens (tertiary/aromatic N) is 2. The van der Waals surface area contributed by atoms with E-state index in [-0.39, 0.29) is 33.9 Å². The molecule has 23 heavy (non-hydrogen) atoms. The van der Waals surface area contributed by atoms with Gasteiger partial charge in [0.15, 0.2) is 0 Å². The maximum atomic E-state index is 12.1. The molecule has 2 rings (SSSR count). The summed E-state index contributed by atoms with van der Waals surface area (Å²) < 4.78 is 0. The Bertz CT molecular complexity index is 876. The molecular formula is C16H11N3O3S. The van der Waals surface area contributed by atoms with Gasteiger partial charge in [0.05, 0.1) is 17.0 Å². The van der Waals surface area contributed by atoms with Crippen LogP contribution < -0.4 is 5.56 Å². The van der Waals surface area contributed by atoms with Gasteiger partial charge in [-0.05, 0) is 5.56 Å². The van der Waals surface area contributed by atoms with Gasteiger partial charge in [0, 0.05) is 11.3 Å². The van der Waals surface area contributed by atoms with Crippen molar-refractivity contribution in [2.45, 2.75) is 11.4 Å². The highest BCUT2D eigenvalue weighted by Crippen LogP contribution is 2.31. The van der Waals surface area contributed by atoms with Crippen molar-refractivity contribution in [2.75, 3.05) is 5.75 Å². The maximum Gasteiger partial charge on any atom is 0.304 e. The van der Waals surface area contributed by atoms with E-state index in [1.54, 1.807) is 30.3 Å². The van der Waals surface area contributed by atoms with Gasteiger partial charge < -0.3 is 10.1 Å². The first-order valence-electron chi connectivity index (χ1n) is 6.59. The number of aromatic amines is 1. The summed E-state index contributed by atoms with van der Waals surface area (Å²) in [7, 11) is 0. The smallest absolute Gasteiger partial charge is 0.304 e. The summed E-state index contributed by atoms with van der Waals surface area (Å²) in [6.45, 7) is 0. The second-order valence-electron chi connectivity index (χ2n) is 4.49. The lowest BCUT2D eigenvalue weighted by atomic mass is 9.97. The van der Waals surface area contributed by atoms with Crippen LogP contribution in [0.1, 0.15) is 17.5 Å². The van der Waals surface area contributed by atoms with Crippen molar-refractivity contribution >= 4 is 17.7 Å². The molecule has 0 spiro atoms. The molecule has 114 valence electrons. The summed E-state index contributed by atoms with van der Waals surface area (Å²) in [4.78, 5) is 25.2. The van der Waals surface area contributed by atoms with Crippen LogP contribution in [-0.4, -0.2) is 21.8 Å². The number of nitriles is 2. The predicted octanol–water partition coefficient (Wildman–Crippen LogP) is 2.35. The van der Waals surface area contributed by atoms with E-state index in [4.69, 9.17) is 5.11 Å². The molecule has 2 N–H and O–H groups in total. The molecule has 0 aliphatic carbocycles. The highest BCUT2D eigenvalue weighted by atomic mass is 32.2. The number of hydrogen-bond acceptors (Lipinski definition) is 5. The van der Waals surface area contributed by atoms with E-state index in [1.165, 1.54) is 0 Å². The van der Waals surface area contributed by atoms with Gasteiger partial charge in [0.1, 0.15) is 17.7 Å². The average molecular weight is 325 g/mol. The van der Waals surface area contributed by atoms with Crippen molar-refractivity contribution in [3.63, 3.8) is 0 Å². The Hall–Kier alpha value is -3.03. The second-order valence-corrected chi connectivity index (χ2v) is 5.60. The van der Waals surface area contributed by atoms with Crippen molar-refractivity contribution in [3.05, 3.63) is 51.8 Å². The van der Waals surface area contributed by atoms with Gasteiger partial charge in [0.25, 0.3) is 5.56 Å². The molecule has 0 radical (unpaired) electrons. The monoisotopic (exact) mass is 325 g/mol. The van der Waals surface area contributed by atoms with Crippen LogP contribution >= 0.6 is 11.8 Å². The first kappa shape index (κ1) is 16.3. The Balaban J connectivity index is 2.62. The molecule has 1 heterocycles. The summed E-state index contributed by atoms with van der Waals surface area (Å²) in [5.41, 5.74) is 0.310. The largest absolute Gasteiger partial charge is 0.481 e. The molecule has 0 aliphatic heterocycles. The number of nitrogens with one attached hydrogen (secondary N) is 1. The minimum Gasteiger partial charge on any atom is -0.481 e. The van der Waals surface area contributed by atoms with Gasteiger partial charge in [-0.15, -0.1) is 11.8 Å².